The van der Waals surface area contributed by atoms with Gasteiger partial charge in [0.25, 0.3) is 11.7 Å². The monoisotopic (exact) mass is 428 g/mol. The number of amides is 1. The van der Waals surface area contributed by atoms with Gasteiger partial charge in [-0.2, -0.15) is 0 Å². The van der Waals surface area contributed by atoms with E-state index >= 15 is 0 Å². The molecule has 6 nitrogen and oxygen atoms in total. The molecule has 3 aromatic rings. The van der Waals surface area contributed by atoms with E-state index in [2.05, 4.69) is 4.98 Å². The molecule has 0 aliphatic carbocycles. The van der Waals surface area contributed by atoms with Gasteiger partial charge in [-0.25, -0.2) is 0 Å². The number of aryl methyl sites for hydroxylation is 1. The maximum atomic E-state index is 13.1. The molecule has 0 spiro atoms. The van der Waals surface area contributed by atoms with E-state index in [1.165, 1.54) is 4.90 Å². The molecule has 1 amide bonds. The first-order chi connectivity index (χ1) is 15.5. The number of aliphatic hydroxyl groups is 1. The molecule has 1 aliphatic heterocycles. The van der Waals surface area contributed by atoms with Gasteiger partial charge in [0.05, 0.1) is 18.2 Å². The Kier molecular flexibility index (Phi) is 6.03. The molecule has 1 unspecified atom stereocenters. The Balaban J connectivity index is 1.85. The van der Waals surface area contributed by atoms with E-state index in [9.17, 15) is 14.7 Å². The van der Waals surface area contributed by atoms with Crippen molar-refractivity contribution in [2.75, 3.05) is 11.5 Å². The lowest BCUT2D eigenvalue weighted by atomic mass is 9.95. The molecule has 0 saturated carbocycles. The smallest absolute Gasteiger partial charge is 0.300 e. The van der Waals surface area contributed by atoms with Gasteiger partial charge in [-0.1, -0.05) is 31.2 Å². The number of ether oxygens (including phenoxy) is 1. The number of pyridine rings is 1. The average molecular weight is 428 g/mol. The van der Waals surface area contributed by atoms with Crippen molar-refractivity contribution in [1.82, 2.24) is 4.98 Å². The predicted molar refractivity (Wildman–Crippen MR) is 122 cm³/mol. The summed E-state index contributed by atoms with van der Waals surface area (Å²) in [5.41, 5.74) is 2.52. The van der Waals surface area contributed by atoms with Gasteiger partial charge < -0.3 is 9.84 Å². The molecular weight excluding hydrogens is 404 g/mol. The maximum absolute atomic E-state index is 13.1. The van der Waals surface area contributed by atoms with Crippen LogP contribution in [0.4, 0.5) is 5.69 Å². The minimum Gasteiger partial charge on any atom is -0.507 e. The van der Waals surface area contributed by atoms with Crippen LogP contribution in [0.2, 0.25) is 0 Å². The molecule has 4 rings (SSSR count). The van der Waals surface area contributed by atoms with Crippen molar-refractivity contribution in [2.45, 2.75) is 26.3 Å². The SMILES string of the molecule is CCCOc1ccc(/C(O)=C2/C(=O)C(=O)N(c3ccccc3)C2c2cccnc2)cc1C. The molecule has 0 bridgehead atoms. The summed E-state index contributed by atoms with van der Waals surface area (Å²) in [5, 5.41) is 11.2. The van der Waals surface area contributed by atoms with Crippen molar-refractivity contribution < 1.29 is 19.4 Å². The number of aromatic nitrogens is 1. The Hall–Kier alpha value is -3.93. The van der Waals surface area contributed by atoms with Crippen molar-refractivity contribution in [3.05, 3.63) is 95.3 Å². The topological polar surface area (TPSA) is 79.7 Å². The third kappa shape index (κ3) is 3.87. The number of para-hydroxylation sites is 1. The first-order valence-electron chi connectivity index (χ1n) is 10.5. The number of aliphatic hydroxyl groups excluding tert-OH is 1. The van der Waals surface area contributed by atoms with E-state index in [1.54, 1.807) is 67.0 Å². The Labute approximate surface area is 186 Å². The number of nitrogens with zero attached hydrogens (tertiary/aromatic N) is 2. The largest absolute Gasteiger partial charge is 0.507 e. The van der Waals surface area contributed by atoms with Gasteiger partial charge in [0, 0.05) is 23.6 Å². The van der Waals surface area contributed by atoms with Gasteiger partial charge in [-0.15, -0.1) is 0 Å². The Bertz CT molecular complexity index is 1170. The summed E-state index contributed by atoms with van der Waals surface area (Å²) in [6, 6.07) is 16.9. The fraction of sp³-hybridized carbons (Fsp3) is 0.192. The first kappa shape index (κ1) is 21.3. The summed E-state index contributed by atoms with van der Waals surface area (Å²) in [5.74, 6) is -0.923. The molecular formula is C26H24N2O4. The standard InChI is InChI=1S/C26H24N2O4/c1-3-14-32-21-12-11-18(15-17(21)2)24(29)22-23(19-8-7-13-27-16-19)28(26(31)25(22)30)20-9-5-4-6-10-20/h4-13,15-16,23,29H,3,14H2,1-2H3/b24-22-. The van der Waals surface area contributed by atoms with Crippen molar-refractivity contribution >= 4 is 23.1 Å². The van der Waals surface area contributed by atoms with Crippen LogP contribution in [0.5, 0.6) is 5.75 Å². The van der Waals surface area contributed by atoms with Crippen LogP contribution in [0.1, 0.15) is 36.1 Å². The lowest BCUT2D eigenvalue weighted by Crippen LogP contribution is -2.29. The van der Waals surface area contributed by atoms with Gasteiger partial charge >= 0.3 is 0 Å². The number of rotatable bonds is 6. The van der Waals surface area contributed by atoms with Gasteiger partial charge in [-0.05, 0) is 60.9 Å². The Morgan fingerprint density at radius 1 is 1.09 bits per heavy atom. The minimum absolute atomic E-state index is 0.0356. The van der Waals surface area contributed by atoms with Gasteiger partial charge in [0.2, 0.25) is 0 Å². The summed E-state index contributed by atoms with van der Waals surface area (Å²) < 4.78 is 5.71. The second-order valence-electron chi connectivity index (χ2n) is 7.62. The number of benzene rings is 2. The summed E-state index contributed by atoms with van der Waals surface area (Å²) in [4.78, 5) is 31.8. The Morgan fingerprint density at radius 3 is 2.53 bits per heavy atom. The molecule has 1 fully saturated rings. The first-order valence-corrected chi connectivity index (χ1v) is 10.5. The number of carbonyl (C=O) groups is 2. The zero-order valence-corrected chi connectivity index (χ0v) is 18.0. The summed E-state index contributed by atoms with van der Waals surface area (Å²) in [6.45, 7) is 4.50. The van der Waals surface area contributed by atoms with E-state index in [0.29, 0.717) is 23.4 Å². The summed E-state index contributed by atoms with van der Waals surface area (Å²) in [7, 11) is 0. The van der Waals surface area contributed by atoms with Crippen LogP contribution < -0.4 is 9.64 Å². The van der Waals surface area contributed by atoms with E-state index < -0.39 is 17.7 Å². The van der Waals surface area contributed by atoms with Crippen LogP contribution in [0.25, 0.3) is 5.76 Å². The van der Waals surface area contributed by atoms with Crippen LogP contribution in [-0.4, -0.2) is 28.4 Å². The van der Waals surface area contributed by atoms with E-state index in [1.807, 2.05) is 19.9 Å². The van der Waals surface area contributed by atoms with Crippen LogP contribution in [-0.2, 0) is 9.59 Å². The molecule has 6 heteroatoms. The highest BCUT2D eigenvalue weighted by atomic mass is 16.5. The summed E-state index contributed by atoms with van der Waals surface area (Å²) >= 11 is 0. The lowest BCUT2D eigenvalue weighted by Gasteiger charge is -2.25. The number of ketones is 1. The third-order valence-electron chi connectivity index (χ3n) is 5.39. The van der Waals surface area contributed by atoms with Crippen LogP contribution in [0.15, 0.2) is 78.6 Å². The predicted octanol–water partition coefficient (Wildman–Crippen LogP) is 4.81. The molecule has 1 aromatic heterocycles. The average Bonchev–Trinajstić information content (AvgIpc) is 3.09. The third-order valence-corrected chi connectivity index (χ3v) is 5.39. The van der Waals surface area contributed by atoms with Gasteiger partial charge in [-0.3, -0.25) is 19.5 Å². The van der Waals surface area contributed by atoms with Crippen LogP contribution >= 0.6 is 0 Å². The number of Topliss-reactive ketones (excluding diaryl/α,β-unsaturated/α-hetero) is 1. The molecule has 162 valence electrons. The van der Waals surface area contributed by atoms with E-state index in [4.69, 9.17) is 4.74 Å². The second kappa shape index (κ2) is 9.06. The molecule has 1 atom stereocenters. The minimum atomic E-state index is -0.789. The number of carbonyl (C=O) groups excluding carboxylic acids is 2. The van der Waals surface area contributed by atoms with Crippen molar-refractivity contribution in [2.24, 2.45) is 0 Å². The molecule has 2 aromatic carbocycles. The van der Waals surface area contributed by atoms with Crippen molar-refractivity contribution in [3.63, 3.8) is 0 Å². The highest BCUT2D eigenvalue weighted by molar-refractivity contribution is 6.51. The molecule has 32 heavy (non-hydrogen) atoms. The number of hydrogen-bond acceptors (Lipinski definition) is 5. The molecule has 1 aliphatic rings. The van der Waals surface area contributed by atoms with E-state index in [-0.39, 0.29) is 11.3 Å². The number of anilines is 1. The van der Waals surface area contributed by atoms with Crippen LogP contribution in [0, 0.1) is 6.92 Å². The van der Waals surface area contributed by atoms with Gasteiger partial charge in [0.15, 0.2) is 0 Å². The number of hydrogen-bond donors (Lipinski definition) is 1. The molecule has 0 radical (unpaired) electrons. The van der Waals surface area contributed by atoms with Crippen molar-refractivity contribution in [1.29, 1.82) is 0 Å². The zero-order valence-electron chi connectivity index (χ0n) is 18.0. The highest BCUT2D eigenvalue weighted by Gasteiger charge is 2.47. The van der Waals surface area contributed by atoms with E-state index in [0.717, 1.165) is 17.7 Å². The molecule has 1 N–H and O–H groups in total. The van der Waals surface area contributed by atoms with Crippen LogP contribution in [0.3, 0.4) is 0 Å². The second-order valence-corrected chi connectivity index (χ2v) is 7.62. The van der Waals surface area contributed by atoms with Crippen molar-refractivity contribution in [3.8, 4) is 5.75 Å². The quantitative estimate of drug-likeness (QED) is 0.346. The fourth-order valence-electron chi connectivity index (χ4n) is 3.87. The normalized spacial score (nSPS) is 17.6. The maximum Gasteiger partial charge on any atom is 0.300 e. The highest BCUT2D eigenvalue weighted by Crippen LogP contribution is 2.42. The fourth-order valence-corrected chi connectivity index (χ4v) is 3.87. The van der Waals surface area contributed by atoms with Gasteiger partial charge in [0.1, 0.15) is 11.5 Å². The zero-order chi connectivity index (χ0) is 22.7. The summed E-state index contributed by atoms with van der Waals surface area (Å²) in [6.07, 6.45) is 4.11. The molecule has 2 heterocycles. The molecule has 1 saturated heterocycles. The Morgan fingerprint density at radius 2 is 1.88 bits per heavy atom. The lowest BCUT2D eigenvalue weighted by molar-refractivity contribution is -0.132.